The predicted molar refractivity (Wildman–Crippen MR) is 106 cm³/mol. The molecule has 4 rings (SSSR count). The van der Waals surface area contributed by atoms with E-state index in [-0.39, 0.29) is 11.7 Å². The molecule has 1 heterocycles. The third-order valence-corrected chi connectivity index (χ3v) is 4.88. The molecule has 0 aliphatic carbocycles. The van der Waals surface area contributed by atoms with Gasteiger partial charge in [-0.3, -0.25) is 9.36 Å². The lowest BCUT2D eigenvalue weighted by Gasteiger charge is -2.08. The van der Waals surface area contributed by atoms with Crippen molar-refractivity contribution in [2.75, 3.05) is 0 Å². The molecule has 0 N–H and O–H groups in total. The minimum Gasteiger partial charge on any atom is -0.268 e. The van der Waals surface area contributed by atoms with Crippen LogP contribution in [0.25, 0.3) is 11.3 Å². The predicted octanol–water partition coefficient (Wildman–Crippen LogP) is 5.28. The van der Waals surface area contributed by atoms with Crippen molar-refractivity contribution in [1.82, 2.24) is 4.57 Å². The van der Waals surface area contributed by atoms with E-state index in [4.69, 9.17) is 0 Å². The lowest BCUT2D eigenvalue weighted by molar-refractivity contribution is 0.0959. The van der Waals surface area contributed by atoms with E-state index in [1.807, 2.05) is 53.9 Å². The number of rotatable bonds is 3. The van der Waals surface area contributed by atoms with Crippen molar-refractivity contribution in [3.05, 3.63) is 106 Å². The molecule has 0 saturated carbocycles. The monoisotopic (exact) mass is 374 g/mol. The normalized spacial score (nSPS) is 11.5. The molecule has 3 nitrogen and oxygen atoms in total. The van der Waals surface area contributed by atoms with Crippen LogP contribution in [0.5, 0.6) is 0 Å². The zero-order valence-corrected chi connectivity index (χ0v) is 15.1. The molecule has 132 valence electrons. The minimum atomic E-state index is -0.316. The van der Waals surface area contributed by atoms with Crippen LogP contribution in [0.4, 0.5) is 10.1 Å². The van der Waals surface area contributed by atoms with Crippen molar-refractivity contribution in [3.8, 4) is 11.3 Å². The zero-order valence-electron chi connectivity index (χ0n) is 14.2. The number of hydrogen-bond acceptors (Lipinski definition) is 3. The molecule has 0 bridgehead atoms. The van der Waals surface area contributed by atoms with E-state index >= 15 is 0 Å². The Morgan fingerprint density at radius 3 is 2.15 bits per heavy atom. The lowest BCUT2D eigenvalue weighted by atomic mass is 10.1. The Labute approximate surface area is 159 Å². The molecule has 0 saturated heterocycles. The van der Waals surface area contributed by atoms with E-state index in [2.05, 4.69) is 4.99 Å². The molecule has 0 fully saturated rings. The van der Waals surface area contributed by atoms with Gasteiger partial charge < -0.3 is 0 Å². The molecule has 3 aromatic carbocycles. The highest BCUT2D eigenvalue weighted by atomic mass is 32.1. The molecule has 1 aromatic heterocycles. The SMILES string of the molecule is O=C(c1ccccc1)n1c(-c2ccc(F)cc2)csc1=Nc1ccccc1. The topological polar surface area (TPSA) is 34.4 Å². The highest BCUT2D eigenvalue weighted by molar-refractivity contribution is 7.07. The van der Waals surface area contributed by atoms with Gasteiger partial charge in [-0.05, 0) is 54.1 Å². The van der Waals surface area contributed by atoms with Crippen molar-refractivity contribution in [2.45, 2.75) is 0 Å². The van der Waals surface area contributed by atoms with E-state index in [0.29, 0.717) is 16.1 Å². The Bertz CT molecular complexity index is 1130. The Kier molecular flexibility index (Phi) is 4.77. The van der Waals surface area contributed by atoms with Gasteiger partial charge >= 0.3 is 0 Å². The van der Waals surface area contributed by atoms with Crippen LogP contribution in [0.3, 0.4) is 0 Å². The number of carbonyl (C=O) groups is 1. The van der Waals surface area contributed by atoms with Crippen LogP contribution >= 0.6 is 11.3 Å². The fraction of sp³-hybridized carbons (Fsp3) is 0. The Hall–Kier alpha value is -3.31. The van der Waals surface area contributed by atoms with E-state index in [9.17, 15) is 9.18 Å². The summed E-state index contributed by atoms with van der Waals surface area (Å²) in [6, 6.07) is 24.6. The third kappa shape index (κ3) is 3.64. The molecule has 0 spiro atoms. The van der Waals surface area contributed by atoms with Gasteiger partial charge in [0.25, 0.3) is 5.91 Å². The highest BCUT2D eigenvalue weighted by Gasteiger charge is 2.16. The second-order valence-electron chi connectivity index (χ2n) is 5.86. The lowest BCUT2D eigenvalue weighted by Crippen LogP contribution is -2.24. The highest BCUT2D eigenvalue weighted by Crippen LogP contribution is 2.22. The van der Waals surface area contributed by atoms with Gasteiger partial charge in [0.2, 0.25) is 0 Å². The minimum absolute atomic E-state index is 0.175. The number of carbonyl (C=O) groups excluding carboxylic acids is 1. The van der Waals surface area contributed by atoms with Gasteiger partial charge in [-0.1, -0.05) is 36.4 Å². The van der Waals surface area contributed by atoms with Gasteiger partial charge in [-0.2, -0.15) is 0 Å². The van der Waals surface area contributed by atoms with Gasteiger partial charge in [0.05, 0.1) is 11.4 Å². The van der Waals surface area contributed by atoms with Gasteiger partial charge in [-0.25, -0.2) is 9.38 Å². The first-order valence-corrected chi connectivity index (χ1v) is 9.26. The second-order valence-corrected chi connectivity index (χ2v) is 6.70. The summed E-state index contributed by atoms with van der Waals surface area (Å²) in [6.45, 7) is 0. The van der Waals surface area contributed by atoms with E-state index in [1.54, 1.807) is 28.8 Å². The molecule has 0 aliphatic rings. The van der Waals surface area contributed by atoms with Crippen LogP contribution in [0.1, 0.15) is 10.4 Å². The van der Waals surface area contributed by atoms with Crippen molar-refractivity contribution in [2.24, 2.45) is 4.99 Å². The fourth-order valence-electron chi connectivity index (χ4n) is 2.73. The number of halogens is 1. The summed E-state index contributed by atoms with van der Waals surface area (Å²) < 4.78 is 14.9. The number of aromatic nitrogens is 1. The summed E-state index contributed by atoms with van der Waals surface area (Å²) in [7, 11) is 0. The maximum Gasteiger partial charge on any atom is 0.264 e. The largest absolute Gasteiger partial charge is 0.268 e. The second kappa shape index (κ2) is 7.51. The Morgan fingerprint density at radius 2 is 1.48 bits per heavy atom. The number of nitrogens with zero attached hydrogens (tertiary/aromatic N) is 2. The van der Waals surface area contributed by atoms with Crippen LogP contribution in [-0.2, 0) is 0 Å². The van der Waals surface area contributed by atoms with E-state index < -0.39 is 0 Å². The summed E-state index contributed by atoms with van der Waals surface area (Å²) in [6.07, 6.45) is 0. The molecule has 5 heteroatoms. The number of hydrogen-bond donors (Lipinski definition) is 0. The molecule has 0 atom stereocenters. The number of thiazole rings is 1. The smallest absolute Gasteiger partial charge is 0.264 e. The molecule has 0 aliphatic heterocycles. The van der Waals surface area contributed by atoms with Crippen LogP contribution < -0.4 is 4.80 Å². The van der Waals surface area contributed by atoms with Gasteiger partial charge in [-0.15, -0.1) is 11.3 Å². The Morgan fingerprint density at radius 1 is 0.852 bits per heavy atom. The number of benzene rings is 3. The standard InChI is InChI=1S/C22H15FN2OS/c23-18-13-11-16(12-14-18)20-15-27-22(24-19-9-5-2-6-10-19)25(20)21(26)17-7-3-1-4-8-17/h1-15H. The maximum absolute atomic E-state index is 13.3. The number of para-hydroxylation sites is 1. The molecular formula is C22H15FN2OS. The quantitative estimate of drug-likeness (QED) is 0.481. The fourth-order valence-corrected chi connectivity index (χ4v) is 3.63. The molecule has 0 radical (unpaired) electrons. The zero-order chi connectivity index (χ0) is 18.6. The van der Waals surface area contributed by atoms with Crippen LogP contribution in [0.2, 0.25) is 0 Å². The van der Waals surface area contributed by atoms with Gasteiger partial charge in [0.1, 0.15) is 5.82 Å². The van der Waals surface area contributed by atoms with Crippen molar-refractivity contribution in [1.29, 1.82) is 0 Å². The molecule has 4 aromatic rings. The first-order valence-electron chi connectivity index (χ1n) is 8.38. The molecule has 0 amide bonds. The summed E-state index contributed by atoms with van der Waals surface area (Å²) in [4.78, 5) is 18.4. The van der Waals surface area contributed by atoms with E-state index in [0.717, 1.165) is 11.3 Å². The van der Waals surface area contributed by atoms with Crippen molar-refractivity contribution in [3.63, 3.8) is 0 Å². The maximum atomic E-state index is 13.3. The van der Waals surface area contributed by atoms with Crippen LogP contribution in [0, 0.1) is 5.82 Å². The van der Waals surface area contributed by atoms with E-state index in [1.165, 1.54) is 23.5 Å². The summed E-state index contributed by atoms with van der Waals surface area (Å²) in [5, 5.41) is 1.87. The van der Waals surface area contributed by atoms with Gasteiger partial charge in [0.15, 0.2) is 4.80 Å². The first kappa shape index (κ1) is 17.1. The molecular weight excluding hydrogens is 359 g/mol. The van der Waals surface area contributed by atoms with Crippen molar-refractivity contribution < 1.29 is 9.18 Å². The van der Waals surface area contributed by atoms with Gasteiger partial charge in [0, 0.05) is 10.9 Å². The first-order chi connectivity index (χ1) is 13.2. The average Bonchev–Trinajstić information content (AvgIpc) is 3.13. The average molecular weight is 374 g/mol. The third-order valence-electron chi connectivity index (χ3n) is 4.05. The summed E-state index contributed by atoms with van der Waals surface area (Å²) in [5.74, 6) is -0.491. The van der Waals surface area contributed by atoms with Crippen molar-refractivity contribution >= 4 is 22.9 Å². The summed E-state index contributed by atoms with van der Waals surface area (Å²) >= 11 is 1.37. The van der Waals surface area contributed by atoms with Crippen LogP contribution in [0.15, 0.2) is 95.3 Å². The van der Waals surface area contributed by atoms with Crippen LogP contribution in [-0.4, -0.2) is 10.5 Å². The molecule has 0 unspecified atom stereocenters. The summed E-state index contributed by atoms with van der Waals surface area (Å²) in [5.41, 5.74) is 2.77. The molecule has 27 heavy (non-hydrogen) atoms. The Balaban J connectivity index is 1.92.